The molecule has 0 fully saturated rings. The molecule has 0 radical (unpaired) electrons. The molecular formula is C24H23ClN4O4. The topological polar surface area (TPSA) is 93.5 Å². The summed E-state index contributed by atoms with van der Waals surface area (Å²) in [6.07, 6.45) is 0. The molecule has 0 saturated heterocycles. The molecule has 0 bridgehead atoms. The summed E-state index contributed by atoms with van der Waals surface area (Å²) >= 11 is 6.04. The highest BCUT2D eigenvalue weighted by Gasteiger charge is 2.49. The summed E-state index contributed by atoms with van der Waals surface area (Å²) in [4.78, 5) is 40.7. The zero-order valence-electron chi connectivity index (χ0n) is 18.2. The highest BCUT2D eigenvalue weighted by molar-refractivity contribution is 6.30. The van der Waals surface area contributed by atoms with Crippen molar-refractivity contribution in [1.82, 2.24) is 15.1 Å². The predicted molar refractivity (Wildman–Crippen MR) is 123 cm³/mol. The number of halogens is 1. The standard InChI is InChI=1S/C24H23ClN4O4/c1-3-33-22(31)19-13-20-21(30)29(18-11-9-17(25)10-12-18)24(2,15-28(20)27-19)23(32)26-14-16-7-5-4-6-8-16/h4-13H,3,14-15H2,1-2H3,(H,26,32)/t24-/m0/s1. The van der Waals surface area contributed by atoms with Crippen LogP contribution in [0.4, 0.5) is 5.69 Å². The van der Waals surface area contributed by atoms with Crippen LogP contribution in [0.5, 0.6) is 0 Å². The van der Waals surface area contributed by atoms with E-state index >= 15 is 0 Å². The van der Waals surface area contributed by atoms with Gasteiger partial charge in [0, 0.05) is 23.3 Å². The fourth-order valence-electron chi connectivity index (χ4n) is 3.85. The van der Waals surface area contributed by atoms with Crippen LogP contribution in [0.15, 0.2) is 60.7 Å². The van der Waals surface area contributed by atoms with Gasteiger partial charge in [-0.15, -0.1) is 0 Å². The Bertz CT molecular complexity index is 1190. The molecule has 1 aliphatic heterocycles. The molecule has 33 heavy (non-hydrogen) atoms. The lowest BCUT2D eigenvalue weighted by Gasteiger charge is -2.43. The molecule has 3 aromatic rings. The zero-order chi connectivity index (χ0) is 23.6. The minimum Gasteiger partial charge on any atom is -0.461 e. The Labute approximate surface area is 196 Å². The van der Waals surface area contributed by atoms with E-state index < -0.39 is 17.4 Å². The Morgan fingerprint density at radius 1 is 1.15 bits per heavy atom. The van der Waals surface area contributed by atoms with Gasteiger partial charge >= 0.3 is 5.97 Å². The number of aromatic nitrogens is 2. The number of hydrogen-bond donors (Lipinski definition) is 1. The number of carbonyl (C=O) groups is 3. The normalized spacial score (nSPS) is 17.4. The van der Waals surface area contributed by atoms with Gasteiger partial charge in [0.2, 0.25) is 5.91 Å². The first-order chi connectivity index (χ1) is 15.8. The van der Waals surface area contributed by atoms with Crippen LogP contribution in [0, 0.1) is 0 Å². The molecule has 1 N–H and O–H groups in total. The van der Waals surface area contributed by atoms with Crippen LogP contribution in [0.3, 0.4) is 0 Å². The van der Waals surface area contributed by atoms with Crippen molar-refractivity contribution >= 4 is 35.1 Å². The lowest BCUT2D eigenvalue weighted by molar-refractivity contribution is -0.126. The second-order valence-corrected chi connectivity index (χ2v) is 8.29. The van der Waals surface area contributed by atoms with Crippen molar-refractivity contribution in [3.8, 4) is 0 Å². The SMILES string of the molecule is CCOC(=O)c1cc2n(n1)C[C@@](C)(C(=O)NCc1ccccc1)N(c1ccc(Cl)cc1)C2=O. The Morgan fingerprint density at radius 3 is 2.52 bits per heavy atom. The van der Waals surface area contributed by atoms with E-state index in [9.17, 15) is 14.4 Å². The summed E-state index contributed by atoms with van der Waals surface area (Å²) in [5.74, 6) is -1.43. The molecular weight excluding hydrogens is 444 g/mol. The first-order valence-corrected chi connectivity index (χ1v) is 10.9. The maximum atomic E-state index is 13.6. The largest absolute Gasteiger partial charge is 0.461 e. The van der Waals surface area contributed by atoms with E-state index in [-0.39, 0.29) is 30.4 Å². The molecule has 170 valence electrons. The summed E-state index contributed by atoms with van der Waals surface area (Å²) in [6.45, 7) is 3.91. The van der Waals surface area contributed by atoms with E-state index in [0.29, 0.717) is 17.3 Å². The van der Waals surface area contributed by atoms with Gasteiger partial charge in [-0.25, -0.2) is 4.79 Å². The van der Waals surface area contributed by atoms with Crippen molar-refractivity contribution in [3.05, 3.63) is 82.6 Å². The number of ether oxygens (including phenoxy) is 1. The first kappa shape index (κ1) is 22.5. The Hall–Kier alpha value is -3.65. The molecule has 1 aliphatic rings. The number of anilines is 1. The average molecular weight is 467 g/mol. The fraction of sp³-hybridized carbons (Fsp3) is 0.250. The third-order valence-electron chi connectivity index (χ3n) is 5.51. The minimum atomic E-state index is -1.31. The molecule has 2 aromatic carbocycles. The summed E-state index contributed by atoms with van der Waals surface area (Å²) in [5, 5.41) is 7.69. The average Bonchev–Trinajstić information content (AvgIpc) is 3.24. The monoisotopic (exact) mass is 466 g/mol. The second kappa shape index (κ2) is 9.07. The Kier molecular flexibility index (Phi) is 6.20. The summed E-state index contributed by atoms with van der Waals surface area (Å²) in [6, 6.07) is 17.6. The number of nitrogens with zero attached hydrogens (tertiary/aromatic N) is 3. The van der Waals surface area contributed by atoms with Crippen LogP contribution >= 0.6 is 11.6 Å². The number of nitrogens with one attached hydrogen (secondary N) is 1. The number of carbonyl (C=O) groups excluding carboxylic acids is 3. The van der Waals surface area contributed by atoms with Crippen LogP contribution in [0.2, 0.25) is 5.02 Å². The molecule has 1 atom stereocenters. The number of esters is 1. The van der Waals surface area contributed by atoms with E-state index in [1.807, 2.05) is 30.3 Å². The number of amides is 2. The Morgan fingerprint density at radius 2 is 1.85 bits per heavy atom. The van der Waals surface area contributed by atoms with Gasteiger partial charge in [0.05, 0.1) is 13.2 Å². The molecule has 2 heterocycles. The number of rotatable bonds is 6. The molecule has 1 aromatic heterocycles. The smallest absolute Gasteiger partial charge is 0.358 e. The third-order valence-corrected chi connectivity index (χ3v) is 5.76. The highest BCUT2D eigenvalue weighted by atomic mass is 35.5. The van der Waals surface area contributed by atoms with Gasteiger partial charge in [0.15, 0.2) is 5.69 Å². The van der Waals surface area contributed by atoms with Gasteiger partial charge in [0.1, 0.15) is 11.2 Å². The van der Waals surface area contributed by atoms with Crippen molar-refractivity contribution in [1.29, 1.82) is 0 Å². The van der Waals surface area contributed by atoms with Crippen molar-refractivity contribution in [2.75, 3.05) is 11.5 Å². The molecule has 0 saturated carbocycles. The van der Waals surface area contributed by atoms with Crippen LogP contribution in [-0.2, 0) is 22.6 Å². The van der Waals surface area contributed by atoms with Crippen molar-refractivity contribution < 1.29 is 19.1 Å². The molecule has 2 amide bonds. The second-order valence-electron chi connectivity index (χ2n) is 7.85. The number of hydrogen-bond acceptors (Lipinski definition) is 5. The lowest BCUT2D eigenvalue weighted by atomic mass is 9.94. The molecule has 4 rings (SSSR count). The van der Waals surface area contributed by atoms with Gasteiger partial charge in [-0.1, -0.05) is 41.9 Å². The van der Waals surface area contributed by atoms with Crippen molar-refractivity contribution in [3.63, 3.8) is 0 Å². The zero-order valence-corrected chi connectivity index (χ0v) is 19.0. The molecule has 9 heteroatoms. The van der Waals surface area contributed by atoms with Crippen LogP contribution in [0.25, 0.3) is 0 Å². The first-order valence-electron chi connectivity index (χ1n) is 10.5. The van der Waals surface area contributed by atoms with Crippen molar-refractivity contribution in [2.45, 2.75) is 32.5 Å². The minimum absolute atomic E-state index is 0.0187. The molecule has 0 unspecified atom stereocenters. The summed E-state index contributed by atoms with van der Waals surface area (Å²) < 4.78 is 6.41. The lowest BCUT2D eigenvalue weighted by Crippen LogP contribution is -2.64. The van der Waals surface area contributed by atoms with E-state index in [4.69, 9.17) is 16.3 Å². The highest BCUT2D eigenvalue weighted by Crippen LogP contribution is 2.33. The fourth-order valence-corrected chi connectivity index (χ4v) is 3.98. The van der Waals surface area contributed by atoms with Gasteiger partial charge in [-0.3, -0.25) is 19.2 Å². The van der Waals surface area contributed by atoms with Crippen LogP contribution < -0.4 is 10.2 Å². The maximum absolute atomic E-state index is 13.6. The Balaban J connectivity index is 1.72. The van der Waals surface area contributed by atoms with Gasteiger partial charge < -0.3 is 10.1 Å². The number of benzene rings is 2. The van der Waals surface area contributed by atoms with E-state index in [0.717, 1.165) is 5.56 Å². The van der Waals surface area contributed by atoms with Crippen LogP contribution in [0.1, 0.15) is 40.4 Å². The van der Waals surface area contributed by atoms with E-state index in [2.05, 4.69) is 10.4 Å². The van der Waals surface area contributed by atoms with Gasteiger partial charge in [-0.05, 0) is 43.7 Å². The van der Waals surface area contributed by atoms with Crippen molar-refractivity contribution in [2.24, 2.45) is 0 Å². The molecule has 8 nitrogen and oxygen atoms in total. The third kappa shape index (κ3) is 4.34. The number of fused-ring (bicyclic) bond motifs is 1. The van der Waals surface area contributed by atoms with E-state index in [1.54, 1.807) is 38.1 Å². The van der Waals surface area contributed by atoms with Crippen LogP contribution in [-0.4, -0.2) is 39.7 Å². The molecule has 0 spiro atoms. The summed E-state index contributed by atoms with van der Waals surface area (Å²) in [5.41, 5.74) is 0.336. The summed E-state index contributed by atoms with van der Waals surface area (Å²) in [7, 11) is 0. The van der Waals surface area contributed by atoms with Gasteiger partial charge in [-0.2, -0.15) is 5.10 Å². The quantitative estimate of drug-likeness (QED) is 0.561. The van der Waals surface area contributed by atoms with E-state index in [1.165, 1.54) is 15.6 Å². The maximum Gasteiger partial charge on any atom is 0.358 e. The molecule has 0 aliphatic carbocycles. The van der Waals surface area contributed by atoms with Gasteiger partial charge in [0.25, 0.3) is 5.91 Å². The predicted octanol–water partition coefficient (Wildman–Crippen LogP) is 3.45.